The minimum Gasteiger partial charge on any atom is -0.381 e. The fourth-order valence-corrected chi connectivity index (χ4v) is 2.01. The van der Waals surface area contributed by atoms with Gasteiger partial charge in [-0.1, -0.05) is 13.8 Å². The van der Waals surface area contributed by atoms with Crippen molar-refractivity contribution < 1.29 is 23.7 Å². The maximum absolute atomic E-state index is 5.80. The highest BCUT2D eigenvalue weighted by Crippen LogP contribution is 2.25. The molecule has 0 bridgehead atoms. The van der Waals surface area contributed by atoms with Crippen LogP contribution in [0.1, 0.15) is 26.7 Å². The summed E-state index contributed by atoms with van der Waals surface area (Å²) in [4.78, 5) is 0. The summed E-state index contributed by atoms with van der Waals surface area (Å²) < 4.78 is 27.7. The van der Waals surface area contributed by atoms with Crippen molar-refractivity contribution in [3.8, 4) is 0 Å². The van der Waals surface area contributed by atoms with Gasteiger partial charge in [0.25, 0.3) is 0 Å². The van der Waals surface area contributed by atoms with E-state index in [-0.39, 0.29) is 5.41 Å². The van der Waals surface area contributed by atoms with Crippen molar-refractivity contribution in [3.63, 3.8) is 0 Å². The van der Waals surface area contributed by atoms with Crippen molar-refractivity contribution in [3.05, 3.63) is 0 Å². The van der Waals surface area contributed by atoms with E-state index in [0.29, 0.717) is 45.2 Å². The number of hydrogen-bond donors (Lipinski definition) is 0. The Hall–Kier alpha value is -0.200. The van der Waals surface area contributed by atoms with E-state index in [1.54, 1.807) is 0 Å². The molecule has 2 atom stereocenters. The highest BCUT2D eigenvalue weighted by molar-refractivity contribution is 4.79. The topological polar surface area (TPSA) is 52.8 Å². The molecule has 2 aliphatic heterocycles. The zero-order valence-electron chi connectivity index (χ0n) is 12.8. The summed E-state index contributed by atoms with van der Waals surface area (Å²) in [6.07, 6.45) is 2.63. The molecule has 2 saturated heterocycles. The van der Waals surface area contributed by atoms with Crippen LogP contribution in [0.5, 0.6) is 0 Å². The van der Waals surface area contributed by atoms with Gasteiger partial charge >= 0.3 is 0 Å². The Morgan fingerprint density at radius 2 is 1.40 bits per heavy atom. The van der Waals surface area contributed by atoms with E-state index in [2.05, 4.69) is 13.8 Å². The van der Waals surface area contributed by atoms with Crippen LogP contribution in [0.4, 0.5) is 0 Å². The van der Waals surface area contributed by atoms with Crippen LogP contribution < -0.4 is 0 Å². The van der Waals surface area contributed by atoms with Crippen molar-refractivity contribution in [2.75, 3.05) is 52.9 Å². The lowest BCUT2D eigenvalue weighted by molar-refractivity contribution is -0.0746. The molecule has 2 rings (SSSR count). The third kappa shape index (κ3) is 6.06. The van der Waals surface area contributed by atoms with Crippen LogP contribution in [0.25, 0.3) is 0 Å². The second kappa shape index (κ2) is 8.29. The molecular weight excluding hydrogens is 260 g/mol. The first-order chi connectivity index (χ1) is 9.78. The molecule has 20 heavy (non-hydrogen) atoms. The van der Waals surface area contributed by atoms with Gasteiger partial charge in [0.1, 0.15) is 12.2 Å². The van der Waals surface area contributed by atoms with E-state index in [4.69, 9.17) is 23.7 Å². The molecule has 2 fully saturated rings. The molecule has 0 radical (unpaired) electrons. The van der Waals surface area contributed by atoms with Gasteiger partial charge in [-0.05, 0) is 12.8 Å². The SMILES string of the molecule is CCCOCC(CC)(COCC1CO1)COCC1CO1. The van der Waals surface area contributed by atoms with Crippen LogP contribution in [0.3, 0.4) is 0 Å². The first-order valence-electron chi connectivity index (χ1n) is 7.74. The minimum atomic E-state index is -0.0566. The van der Waals surface area contributed by atoms with E-state index in [1.165, 1.54) is 0 Å². The van der Waals surface area contributed by atoms with Gasteiger partial charge in [-0.15, -0.1) is 0 Å². The Balaban J connectivity index is 1.72. The van der Waals surface area contributed by atoms with Gasteiger partial charge in [-0.3, -0.25) is 0 Å². The van der Waals surface area contributed by atoms with E-state index in [0.717, 1.165) is 32.7 Å². The Kier molecular flexibility index (Phi) is 6.71. The van der Waals surface area contributed by atoms with Crippen LogP contribution in [-0.4, -0.2) is 65.1 Å². The van der Waals surface area contributed by atoms with E-state index < -0.39 is 0 Å². The molecule has 0 aliphatic carbocycles. The van der Waals surface area contributed by atoms with Gasteiger partial charge in [0.15, 0.2) is 0 Å². The maximum Gasteiger partial charge on any atom is 0.104 e. The zero-order valence-corrected chi connectivity index (χ0v) is 12.8. The largest absolute Gasteiger partial charge is 0.381 e. The molecule has 2 heterocycles. The summed E-state index contributed by atoms with van der Waals surface area (Å²) in [5, 5.41) is 0. The van der Waals surface area contributed by atoms with Crippen LogP contribution in [0.2, 0.25) is 0 Å². The van der Waals surface area contributed by atoms with Gasteiger partial charge in [-0.2, -0.15) is 0 Å². The number of ether oxygens (including phenoxy) is 5. The number of hydrogen-bond acceptors (Lipinski definition) is 5. The summed E-state index contributed by atoms with van der Waals surface area (Å²) in [5.74, 6) is 0. The van der Waals surface area contributed by atoms with Crippen LogP contribution >= 0.6 is 0 Å². The quantitative estimate of drug-likeness (QED) is 0.381. The van der Waals surface area contributed by atoms with Crippen molar-refractivity contribution in [1.82, 2.24) is 0 Å². The summed E-state index contributed by atoms with van der Waals surface area (Å²) in [7, 11) is 0. The molecule has 0 aromatic carbocycles. The summed E-state index contributed by atoms with van der Waals surface area (Å²) in [6, 6.07) is 0. The van der Waals surface area contributed by atoms with Gasteiger partial charge in [0.05, 0.1) is 46.2 Å². The van der Waals surface area contributed by atoms with Crippen molar-refractivity contribution in [2.45, 2.75) is 38.9 Å². The highest BCUT2D eigenvalue weighted by Gasteiger charge is 2.32. The smallest absolute Gasteiger partial charge is 0.104 e. The summed E-state index contributed by atoms with van der Waals surface area (Å²) in [5.41, 5.74) is -0.0566. The Morgan fingerprint density at radius 3 is 1.80 bits per heavy atom. The maximum atomic E-state index is 5.80. The molecule has 0 N–H and O–H groups in total. The monoisotopic (exact) mass is 288 g/mol. The highest BCUT2D eigenvalue weighted by atomic mass is 16.6. The lowest BCUT2D eigenvalue weighted by Crippen LogP contribution is -2.37. The zero-order chi connectivity index (χ0) is 14.3. The first-order valence-corrected chi connectivity index (χ1v) is 7.74. The molecule has 118 valence electrons. The molecule has 0 saturated carbocycles. The summed E-state index contributed by atoms with van der Waals surface area (Å²) >= 11 is 0. The van der Waals surface area contributed by atoms with Crippen LogP contribution in [0, 0.1) is 5.41 Å². The summed E-state index contributed by atoms with van der Waals surface area (Å²) in [6.45, 7) is 10.1. The lowest BCUT2D eigenvalue weighted by atomic mass is 9.88. The van der Waals surface area contributed by atoms with Crippen LogP contribution in [0.15, 0.2) is 0 Å². The molecule has 5 heteroatoms. The van der Waals surface area contributed by atoms with Crippen LogP contribution in [-0.2, 0) is 23.7 Å². The normalized spacial score (nSPS) is 27.3. The fourth-order valence-electron chi connectivity index (χ4n) is 2.01. The van der Waals surface area contributed by atoms with Crippen molar-refractivity contribution >= 4 is 0 Å². The molecule has 0 amide bonds. The minimum absolute atomic E-state index is 0.0566. The van der Waals surface area contributed by atoms with Gasteiger partial charge in [0, 0.05) is 12.0 Å². The molecular formula is C15H28O5. The van der Waals surface area contributed by atoms with Gasteiger partial charge in [-0.25, -0.2) is 0 Å². The standard InChI is InChI=1S/C15H28O5/c1-3-5-16-10-15(4-2,11-17-6-13-8-19-13)12-18-7-14-9-20-14/h13-14H,3-12H2,1-2H3. The average molecular weight is 288 g/mol. The number of epoxide rings is 2. The third-order valence-electron chi connectivity index (χ3n) is 3.74. The molecule has 0 aromatic heterocycles. The third-order valence-corrected chi connectivity index (χ3v) is 3.74. The fraction of sp³-hybridized carbons (Fsp3) is 1.00. The Morgan fingerprint density at radius 1 is 0.900 bits per heavy atom. The molecule has 0 spiro atoms. The van der Waals surface area contributed by atoms with Gasteiger partial charge < -0.3 is 23.7 Å². The van der Waals surface area contributed by atoms with E-state index in [9.17, 15) is 0 Å². The van der Waals surface area contributed by atoms with Gasteiger partial charge in [0.2, 0.25) is 0 Å². The Bertz CT molecular complexity index is 245. The molecule has 5 nitrogen and oxygen atoms in total. The van der Waals surface area contributed by atoms with E-state index >= 15 is 0 Å². The van der Waals surface area contributed by atoms with Crippen molar-refractivity contribution in [2.24, 2.45) is 5.41 Å². The van der Waals surface area contributed by atoms with E-state index in [1.807, 2.05) is 0 Å². The molecule has 2 aliphatic rings. The molecule has 0 aromatic rings. The first kappa shape index (κ1) is 16.2. The predicted octanol–water partition coefficient (Wildman–Crippen LogP) is 1.64. The molecule has 2 unspecified atom stereocenters. The predicted molar refractivity (Wildman–Crippen MR) is 75.0 cm³/mol. The lowest BCUT2D eigenvalue weighted by Gasteiger charge is -2.32. The Labute approximate surface area is 121 Å². The number of rotatable bonds is 13. The average Bonchev–Trinajstić information content (AvgIpc) is 3.33. The second-order valence-electron chi connectivity index (χ2n) is 5.85. The second-order valence-corrected chi connectivity index (χ2v) is 5.85. The van der Waals surface area contributed by atoms with Crippen molar-refractivity contribution in [1.29, 1.82) is 0 Å².